The van der Waals surface area contributed by atoms with Gasteiger partial charge >= 0.3 is 0 Å². The second-order valence-electron chi connectivity index (χ2n) is 4.80. The largest absolute Gasteiger partial charge is 0.316 e. The van der Waals surface area contributed by atoms with Gasteiger partial charge in [-0.05, 0) is 58.7 Å². The Morgan fingerprint density at radius 1 is 1.43 bits per heavy atom. The fourth-order valence-electron chi connectivity index (χ4n) is 2.26. The van der Waals surface area contributed by atoms with E-state index in [9.17, 15) is 0 Å². The maximum absolute atomic E-state index is 3.49. The predicted octanol–water partition coefficient (Wildman–Crippen LogP) is 2.11. The molecule has 1 unspecified atom stereocenters. The lowest BCUT2D eigenvalue weighted by atomic mass is 9.98. The van der Waals surface area contributed by atoms with E-state index in [0.717, 1.165) is 5.92 Å². The highest BCUT2D eigenvalue weighted by Crippen LogP contribution is 2.13. The van der Waals surface area contributed by atoms with Crippen molar-refractivity contribution in [3.8, 4) is 0 Å². The Labute approximate surface area is 89.1 Å². The average Bonchev–Trinajstić information content (AvgIpc) is 2.18. The lowest BCUT2D eigenvalue weighted by Crippen LogP contribution is -2.41. The van der Waals surface area contributed by atoms with Crippen molar-refractivity contribution in [2.24, 2.45) is 5.92 Å². The van der Waals surface area contributed by atoms with Crippen LogP contribution < -0.4 is 5.32 Å². The first-order valence-electron chi connectivity index (χ1n) is 6.18. The van der Waals surface area contributed by atoms with Gasteiger partial charge in [0.1, 0.15) is 0 Å². The predicted molar refractivity (Wildman–Crippen MR) is 62.6 cm³/mol. The zero-order chi connectivity index (χ0) is 10.4. The van der Waals surface area contributed by atoms with E-state index in [4.69, 9.17) is 0 Å². The fourth-order valence-corrected chi connectivity index (χ4v) is 2.26. The molecule has 1 fully saturated rings. The summed E-state index contributed by atoms with van der Waals surface area (Å²) in [7, 11) is 0. The summed E-state index contributed by atoms with van der Waals surface area (Å²) in [5.74, 6) is 0.887. The summed E-state index contributed by atoms with van der Waals surface area (Å²) in [6.07, 6.45) is 4.06. The molecule has 1 rings (SSSR count). The van der Waals surface area contributed by atoms with Crippen molar-refractivity contribution >= 4 is 0 Å². The number of hydrogen-bond acceptors (Lipinski definition) is 2. The number of rotatable bonds is 5. The number of piperidine rings is 1. The zero-order valence-corrected chi connectivity index (χ0v) is 10.1. The molecule has 0 radical (unpaired) electrons. The molecule has 2 heteroatoms. The monoisotopic (exact) mass is 198 g/mol. The fraction of sp³-hybridized carbons (Fsp3) is 1.00. The van der Waals surface area contributed by atoms with Crippen LogP contribution in [0.4, 0.5) is 0 Å². The Morgan fingerprint density at radius 2 is 2.21 bits per heavy atom. The average molecular weight is 198 g/mol. The molecule has 0 aliphatic carbocycles. The minimum Gasteiger partial charge on any atom is -0.316 e. The third-order valence-corrected chi connectivity index (χ3v) is 3.13. The molecule has 1 N–H and O–H groups in total. The first-order valence-corrected chi connectivity index (χ1v) is 6.18. The second-order valence-corrected chi connectivity index (χ2v) is 4.80. The maximum atomic E-state index is 3.49. The first kappa shape index (κ1) is 12.0. The van der Waals surface area contributed by atoms with Crippen LogP contribution in [0.1, 0.15) is 40.0 Å². The highest BCUT2D eigenvalue weighted by atomic mass is 15.1. The van der Waals surface area contributed by atoms with Gasteiger partial charge in [-0.1, -0.05) is 6.92 Å². The molecule has 0 aromatic heterocycles. The number of nitrogens with one attached hydrogen (secondary N) is 1. The molecule has 2 nitrogen and oxygen atoms in total. The van der Waals surface area contributed by atoms with Crippen molar-refractivity contribution in [2.45, 2.75) is 46.1 Å². The maximum Gasteiger partial charge on any atom is 0.00387 e. The van der Waals surface area contributed by atoms with Crippen LogP contribution in [0, 0.1) is 5.92 Å². The van der Waals surface area contributed by atoms with Crippen molar-refractivity contribution in [1.82, 2.24) is 10.2 Å². The molecule has 0 aromatic rings. The van der Waals surface area contributed by atoms with Gasteiger partial charge in [0.2, 0.25) is 0 Å². The summed E-state index contributed by atoms with van der Waals surface area (Å²) in [5.41, 5.74) is 0. The highest BCUT2D eigenvalue weighted by Gasteiger charge is 2.17. The first-order chi connectivity index (χ1) is 6.74. The van der Waals surface area contributed by atoms with E-state index in [0.29, 0.717) is 6.04 Å². The van der Waals surface area contributed by atoms with Crippen molar-refractivity contribution in [1.29, 1.82) is 0 Å². The smallest absolute Gasteiger partial charge is 0.00387 e. The molecule has 0 spiro atoms. The summed E-state index contributed by atoms with van der Waals surface area (Å²) < 4.78 is 0. The van der Waals surface area contributed by atoms with E-state index in [1.165, 1.54) is 45.4 Å². The Hall–Kier alpha value is -0.0800. The van der Waals surface area contributed by atoms with Gasteiger partial charge in [0.15, 0.2) is 0 Å². The summed E-state index contributed by atoms with van der Waals surface area (Å²) in [6, 6.07) is 0.705. The number of hydrogen-bond donors (Lipinski definition) is 1. The van der Waals surface area contributed by atoms with Gasteiger partial charge in [0, 0.05) is 12.6 Å². The van der Waals surface area contributed by atoms with E-state index in [1.54, 1.807) is 0 Å². The minimum absolute atomic E-state index is 0.705. The Kier molecular flexibility index (Phi) is 5.49. The molecule has 1 heterocycles. The SMILES string of the molecule is CCCN(CC1CCCNC1)C(C)C. The van der Waals surface area contributed by atoms with Crippen LogP contribution in [0.25, 0.3) is 0 Å². The normalized spacial score (nSPS) is 23.4. The molecule has 1 atom stereocenters. The molecule has 1 saturated heterocycles. The van der Waals surface area contributed by atoms with Crippen LogP contribution in [0.3, 0.4) is 0 Å². The molecule has 0 bridgehead atoms. The highest BCUT2D eigenvalue weighted by molar-refractivity contribution is 4.74. The van der Waals surface area contributed by atoms with Gasteiger partial charge in [-0.15, -0.1) is 0 Å². The van der Waals surface area contributed by atoms with E-state index < -0.39 is 0 Å². The molecule has 14 heavy (non-hydrogen) atoms. The molecular weight excluding hydrogens is 172 g/mol. The standard InChI is InChI=1S/C12H26N2/c1-4-8-14(11(2)3)10-12-6-5-7-13-9-12/h11-13H,4-10H2,1-3H3. The van der Waals surface area contributed by atoms with Gasteiger partial charge in [0.05, 0.1) is 0 Å². The van der Waals surface area contributed by atoms with Gasteiger partial charge in [-0.2, -0.15) is 0 Å². The zero-order valence-electron chi connectivity index (χ0n) is 10.1. The van der Waals surface area contributed by atoms with Gasteiger partial charge < -0.3 is 10.2 Å². The molecule has 0 saturated carbocycles. The molecule has 0 amide bonds. The minimum atomic E-state index is 0.705. The third-order valence-electron chi connectivity index (χ3n) is 3.13. The van der Waals surface area contributed by atoms with E-state index in [-0.39, 0.29) is 0 Å². The van der Waals surface area contributed by atoms with Crippen molar-refractivity contribution in [3.05, 3.63) is 0 Å². The van der Waals surface area contributed by atoms with Crippen molar-refractivity contribution in [2.75, 3.05) is 26.2 Å². The lowest BCUT2D eigenvalue weighted by molar-refractivity contribution is 0.172. The summed E-state index contributed by atoms with van der Waals surface area (Å²) in [6.45, 7) is 11.9. The van der Waals surface area contributed by atoms with Crippen molar-refractivity contribution < 1.29 is 0 Å². The Bertz CT molecular complexity index is 139. The van der Waals surface area contributed by atoms with Crippen molar-refractivity contribution in [3.63, 3.8) is 0 Å². The van der Waals surface area contributed by atoms with Crippen LogP contribution in [0.2, 0.25) is 0 Å². The molecule has 1 aliphatic heterocycles. The van der Waals surface area contributed by atoms with Crippen LogP contribution in [0.15, 0.2) is 0 Å². The molecule has 1 aliphatic rings. The van der Waals surface area contributed by atoms with Gasteiger partial charge in [-0.25, -0.2) is 0 Å². The van der Waals surface area contributed by atoms with Crippen LogP contribution >= 0.6 is 0 Å². The molecule has 0 aromatic carbocycles. The lowest BCUT2D eigenvalue weighted by Gasteiger charge is -2.32. The summed E-state index contributed by atoms with van der Waals surface area (Å²) >= 11 is 0. The van der Waals surface area contributed by atoms with E-state index in [2.05, 4.69) is 31.0 Å². The van der Waals surface area contributed by atoms with Crippen LogP contribution in [-0.4, -0.2) is 37.1 Å². The second kappa shape index (κ2) is 6.41. The van der Waals surface area contributed by atoms with Gasteiger partial charge in [0.25, 0.3) is 0 Å². The van der Waals surface area contributed by atoms with Crippen LogP contribution in [-0.2, 0) is 0 Å². The number of nitrogens with zero attached hydrogens (tertiary/aromatic N) is 1. The van der Waals surface area contributed by atoms with Gasteiger partial charge in [-0.3, -0.25) is 0 Å². The van der Waals surface area contributed by atoms with E-state index >= 15 is 0 Å². The quantitative estimate of drug-likeness (QED) is 0.728. The molecule has 84 valence electrons. The Balaban J connectivity index is 2.29. The van der Waals surface area contributed by atoms with E-state index in [1.807, 2.05) is 0 Å². The third kappa shape index (κ3) is 3.97. The summed E-state index contributed by atoms with van der Waals surface area (Å²) in [5, 5.41) is 3.49. The Morgan fingerprint density at radius 3 is 2.71 bits per heavy atom. The molecular formula is C12H26N2. The van der Waals surface area contributed by atoms with Crippen LogP contribution in [0.5, 0.6) is 0 Å². The topological polar surface area (TPSA) is 15.3 Å². The summed E-state index contributed by atoms with van der Waals surface area (Å²) in [4.78, 5) is 2.62.